The van der Waals surface area contributed by atoms with E-state index in [0.717, 1.165) is 12.1 Å². The summed E-state index contributed by atoms with van der Waals surface area (Å²) in [5, 5.41) is 8.76. The molecule has 0 radical (unpaired) electrons. The van der Waals surface area contributed by atoms with Gasteiger partial charge in [-0.05, 0) is 28.1 Å². The van der Waals surface area contributed by atoms with Crippen molar-refractivity contribution in [3.05, 3.63) is 27.7 Å². The van der Waals surface area contributed by atoms with E-state index in [-0.39, 0.29) is 15.7 Å². The maximum Gasteiger partial charge on any atom is 0.416 e. The molecule has 3 N–H and O–H groups in total. The summed E-state index contributed by atoms with van der Waals surface area (Å²) in [5.74, 6) is 0. The highest BCUT2D eigenvalue weighted by molar-refractivity contribution is 9.10. The summed E-state index contributed by atoms with van der Waals surface area (Å²) in [6.07, 6.45) is -4.43. The van der Waals surface area contributed by atoms with E-state index in [9.17, 15) is 13.2 Å². The van der Waals surface area contributed by atoms with Gasteiger partial charge in [-0.1, -0.05) is 0 Å². The number of nitrogen functional groups attached to an aromatic ring is 1. The van der Waals surface area contributed by atoms with Gasteiger partial charge in [0.1, 0.15) is 0 Å². The zero-order chi connectivity index (χ0) is 10.9. The average Bonchev–Trinajstić information content (AvgIpc) is 2.07. The fourth-order valence-electron chi connectivity index (χ4n) is 0.969. The number of rotatable bonds is 1. The molecule has 0 saturated carbocycles. The molecule has 0 atom stereocenters. The highest BCUT2D eigenvalue weighted by atomic mass is 79.9. The SMILES string of the molecule is Nc1c(Br)cc(C(F)(F)F)cc1CO. The third-order valence-corrected chi connectivity index (χ3v) is 2.37. The molecule has 0 aliphatic carbocycles. The van der Waals surface area contributed by atoms with E-state index in [1.807, 2.05) is 0 Å². The van der Waals surface area contributed by atoms with Gasteiger partial charge in [0.2, 0.25) is 0 Å². The Kier molecular flexibility index (Phi) is 3.06. The van der Waals surface area contributed by atoms with Crippen LogP contribution < -0.4 is 5.73 Å². The first-order valence-electron chi connectivity index (χ1n) is 3.62. The van der Waals surface area contributed by atoms with Crippen molar-refractivity contribution < 1.29 is 18.3 Å². The average molecular weight is 270 g/mol. The molecule has 0 saturated heterocycles. The second-order valence-corrected chi connectivity index (χ2v) is 3.54. The molecule has 2 nitrogen and oxygen atoms in total. The van der Waals surface area contributed by atoms with E-state index in [1.165, 1.54) is 0 Å². The summed E-state index contributed by atoms with van der Waals surface area (Å²) < 4.78 is 37.0. The molecule has 0 bridgehead atoms. The van der Waals surface area contributed by atoms with Crippen molar-refractivity contribution in [3.8, 4) is 0 Å². The highest BCUT2D eigenvalue weighted by Crippen LogP contribution is 2.35. The maximum absolute atomic E-state index is 12.3. The predicted octanol–water partition coefficient (Wildman–Crippen LogP) is 2.54. The van der Waals surface area contributed by atoms with Crippen LogP contribution in [0.5, 0.6) is 0 Å². The maximum atomic E-state index is 12.3. The van der Waals surface area contributed by atoms with Gasteiger partial charge in [-0.25, -0.2) is 0 Å². The molecular weight excluding hydrogens is 263 g/mol. The number of hydrogen-bond acceptors (Lipinski definition) is 2. The Morgan fingerprint density at radius 3 is 2.36 bits per heavy atom. The molecule has 0 fully saturated rings. The normalized spacial score (nSPS) is 11.8. The Morgan fingerprint density at radius 2 is 1.93 bits per heavy atom. The standard InChI is InChI=1S/C8H7BrF3NO/c9-6-2-5(8(10,11)12)1-4(3-14)7(6)13/h1-2,14H,3,13H2. The number of aliphatic hydroxyl groups excluding tert-OH is 1. The number of anilines is 1. The van der Waals surface area contributed by atoms with E-state index in [0.29, 0.717) is 0 Å². The van der Waals surface area contributed by atoms with Crippen molar-refractivity contribution in [1.29, 1.82) is 0 Å². The molecule has 0 unspecified atom stereocenters. The molecule has 0 aromatic heterocycles. The number of aliphatic hydroxyl groups is 1. The van der Waals surface area contributed by atoms with Crippen LogP contribution in [0.2, 0.25) is 0 Å². The number of halogens is 4. The fourth-order valence-corrected chi connectivity index (χ4v) is 1.47. The highest BCUT2D eigenvalue weighted by Gasteiger charge is 2.31. The topological polar surface area (TPSA) is 46.2 Å². The molecule has 1 aromatic rings. The quantitative estimate of drug-likeness (QED) is 0.770. The fraction of sp³-hybridized carbons (Fsp3) is 0.250. The number of benzene rings is 1. The molecule has 0 amide bonds. The number of hydrogen-bond donors (Lipinski definition) is 2. The van der Waals surface area contributed by atoms with E-state index >= 15 is 0 Å². The minimum absolute atomic E-state index is 0.0618. The summed E-state index contributed by atoms with van der Waals surface area (Å²) in [4.78, 5) is 0. The molecular formula is C8H7BrF3NO. The minimum atomic E-state index is -4.43. The van der Waals surface area contributed by atoms with Crippen molar-refractivity contribution in [2.45, 2.75) is 12.8 Å². The van der Waals surface area contributed by atoms with Crippen molar-refractivity contribution in [1.82, 2.24) is 0 Å². The van der Waals surface area contributed by atoms with Crippen LogP contribution >= 0.6 is 15.9 Å². The first kappa shape index (κ1) is 11.3. The second-order valence-electron chi connectivity index (χ2n) is 2.69. The molecule has 1 rings (SSSR count). The zero-order valence-electron chi connectivity index (χ0n) is 6.90. The lowest BCUT2D eigenvalue weighted by Crippen LogP contribution is -2.07. The van der Waals surface area contributed by atoms with Crippen LogP contribution in [0, 0.1) is 0 Å². The molecule has 0 aliphatic rings. The molecule has 6 heteroatoms. The summed E-state index contributed by atoms with van der Waals surface area (Å²) in [6, 6.07) is 1.72. The van der Waals surface area contributed by atoms with Gasteiger partial charge in [-0.3, -0.25) is 0 Å². The first-order chi connectivity index (χ1) is 6.36. The largest absolute Gasteiger partial charge is 0.416 e. The number of alkyl halides is 3. The number of nitrogens with two attached hydrogens (primary N) is 1. The van der Waals surface area contributed by atoms with Crippen LogP contribution in [0.15, 0.2) is 16.6 Å². The second kappa shape index (κ2) is 3.78. The third kappa shape index (κ3) is 2.19. The van der Waals surface area contributed by atoms with Crippen LogP contribution in [0.25, 0.3) is 0 Å². The van der Waals surface area contributed by atoms with Gasteiger partial charge < -0.3 is 10.8 Å². The van der Waals surface area contributed by atoms with E-state index in [2.05, 4.69) is 15.9 Å². The summed E-state index contributed by atoms with van der Waals surface area (Å²) >= 11 is 2.89. The molecule has 0 aliphatic heterocycles. The Balaban J connectivity index is 3.30. The Hall–Kier alpha value is -0.750. The van der Waals surface area contributed by atoms with Gasteiger partial charge in [0, 0.05) is 10.0 Å². The summed E-state index contributed by atoms with van der Waals surface area (Å²) in [6.45, 7) is -0.519. The smallest absolute Gasteiger partial charge is 0.398 e. The van der Waals surface area contributed by atoms with Crippen molar-refractivity contribution in [3.63, 3.8) is 0 Å². The van der Waals surface area contributed by atoms with Gasteiger partial charge in [0.05, 0.1) is 17.9 Å². The van der Waals surface area contributed by atoms with Crippen LogP contribution in [0.1, 0.15) is 11.1 Å². The first-order valence-corrected chi connectivity index (χ1v) is 4.41. The minimum Gasteiger partial charge on any atom is -0.398 e. The van der Waals surface area contributed by atoms with Crippen molar-refractivity contribution >= 4 is 21.6 Å². The van der Waals surface area contributed by atoms with Crippen LogP contribution in [0.4, 0.5) is 18.9 Å². The molecule has 78 valence electrons. The molecule has 1 aromatic carbocycles. The third-order valence-electron chi connectivity index (χ3n) is 1.71. The molecule has 0 heterocycles. The Bertz CT molecular complexity index is 351. The van der Waals surface area contributed by atoms with Gasteiger partial charge in [0.15, 0.2) is 0 Å². The zero-order valence-corrected chi connectivity index (χ0v) is 8.48. The Morgan fingerprint density at radius 1 is 1.36 bits per heavy atom. The Labute approximate surface area is 86.7 Å². The summed E-state index contributed by atoms with van der Waals surface area (Å²) in [7, 11) is 0. The lowest BCUT2D eigenvalue weighted by molar-refractivity contribution is -0.137. The van der Waals surface area contributed by atoms with Crippen LogP contribution in [-0.4, -0.2) is 5.11 Å². The molecule has 14 heavy (non-hydrogen) atoms. The lowest BCUT2D eigenvalue weighted by atomic mass is 10.1. The van der Waals surface area contributed by atoms with Crippen LogP contribution in [0.3, 0.4) is 0 Å². The predicted molar refractivity (Wildman–Crippen MR) is 49.5 cm³/mol. The summed E-state index contributed by atoms with van der Waals surface area (Å²) in [5.41, 5.74) is 4.79. The molecule has 0 spiro atoms. The monoisotopic (exact) mass is 269 g/mol. The van der Waals surface area contributed by atoms with Gasteiger partial charge in [-0.15, -0.1) is 0 Å². The lowest BCUT2D eigenvalue weighted by Gasteiger charge is -2.11. The van der Waals surface area contributed by atoms with E-state index < -0.39 is 18.3 Å². The van der Waals surface area contributed by atoms with Gasteiger partial charge in [-0.2, -0.15) is 13.2 Å². The van der Waals surface area contributed by atoms with Gasteiger partial charge in [0.25, 0.3) is 0 Å². The van der Waals surface area contributed by atoms with E-state index in [1.54, 1.807) is 0 Å². The van der Waals surface area contributed by atoms with Gasteiger partial charge >= 0.3 is 6.18 Å². The van der Waals surface area contributed by atoms with Crippen LogP contribution in [-0.2, 0) is 12.8 Å². The van der Waals surface area contributed by atoms with Crippen molar-refractivity contribution in [2.24, 2.45) is 0 Å². The van der Waals surface area contributed by atoms with Crippen molar-refractivity contribution in [2.75, 3.05) is 5.73 Å². The van der Waals surface area contributed by atoms with E-state index in [4.69, 9.17) is 10.8 Å².